The van der Waals surface area contributed by atoms with Crippen LogP contribution in [0.3, 0.4) is 0 Å². The van der Waals surface area contributed by atoms with Crippen molar-refractivity contribution in [3.05, 3.63) is 0 Å². The van der Waals surface area contributed by atoms with Crippen LogP contribution in [0.2, 0.25) is 18.6 Å². The summed E-state index contributed by atoms with van der Waals surface area (Å²) in [5.41, 5.74) is 8.52. The highest BCUT2D eigenvalue weighted by molar-refractivity contribution is 6.71. The molecule has 10 nitrogen and oxygen atoms in total. The molecule has 2 amide bonds. The molecular weight excluding hydrogens is 596 g/mol. The Balaban J connectivity index is 1.18. The van der Waals surface area contributed by atoms with Gasteiger partial charge in [0.05, 0.1) is 30.9 Å². The second kappa shape index (κ2) is 15.2. The Morgan fingerprint density at radius 1 is 1.05 bits per heavy atom. The molecule has 0 aromatic rings. The van der Waals surface area contributed by atoms with Crippen LogP contribution in [-0.4, -0.2) is 91.6 Å². The number of hydrogen-bond acceptors (Lipinski definition) is 8. The standard InChI is InChI=1S/C32H57ClN6O4Si/c1-20-37-38-31-27(19-29(40)34-15-6-16-35-32(41)22-7-5-8-25(17-22)44(3,4)42)36-30(21-9-11-23(33)12-10-21)26-18-24(43-2)13-14-28(26)39(20)31/h20-28,31,37-38,42H,5-19H2,1-4H3,(H,34,40)(H,35,41)/t20?,21?,22?,23?,24?,25?,26?,27-,28?,31?/m0/s1. The molecule has 0 spiro atoms. The second-order valence-corrected chi connectivity index (χ2v) is 19.4. The minimum absolute atomic E-state index is 0.0000872. The molecule has 0 aromatic heterocycles. The third-order valence-corrected chi connectivity index (χ3v) is 14.2. The average Bonchev–Trinajstić information content (AvgIpc) is 3.33. The Hall–Kier alpha value is -1.08. The first-order valence-electron chi connectivity index (χ1n) is 17.3. The third kappa shape index (κ3) is 8.25. The topological polar surface area (TPSA) is 127 Å². The number of carbonyl (C=O) groups is 2. The number of carbonyl (C=O) groups excluding carboxylic acids is 2. The van der Waals surface area contributed by atoms with Crippen LogP contribution in [0.5, 0.6) is 0 Å². The fourth-order valence-electron chi connectivity index (χ4n) is 8.66. The number of hydrogen-bond donors (Lipinski definition) is 5. The summed E-state index contributed by atoms with van der Waals surface area (Å²) in [5, 5.41) is 6.44. The summed E-state index contributed by atoms with van der Waals surface area (Å²) in [7, 11) is -0.401. The molecule has 250 valence electrons. The molecule has 2 heterocycles. The fourth-order valence-corrected chi connectivity index (χ4v) is 10.7. The van der Waals surface area contributed by atoms with Gasteiger partial charge in [-0.25, -0.2) is 10.9 Å². The lowest BCUT2D eigenvalue weighted by Gasteiger charge is -2.44. The van der Waals surface area contributed by atoms with Crippen LogP contribution in [0.25, 0.3) is 0 Å². The van der Waals surface area contributed by atoms with Gasteiger partial charge in [0.2, 0.25) is 11.8 Å². The largest absolute Gasteiger partial charge is 0.432 e. The Morgan fingerprint density at radius 3 is 2.52 bits per heavy atom. The van der Waals surface area contributed by atoms with E-state index in [9.17, 15) is 14.4 Å². The molecule has 0 aromatic carbocycles. The van der Waals surface area contributed by atoms with Crippen molar-refractivity contribution in [1.82, 2.24) is 26.4 Å². The maximum atomic E-state index is 13.3. The van der Waals surface area contributed by atoms with Crippen molar-refractivity contribution < 1.29 is 19.1 Å². The van der Waals surface area contributed by atoms with Gasteiger partial charge in [0.15, 0.2) is 8.32 Å². The molecule has 2 aliphatic heterocycles. The van der Waals surface area contributed by atoms with Gasteiger partial charge < -0.3 is 20.2 Å². The Morgan fingerprint density at radius 2 is 1.80 bits per heavy atom. The number of aliphatic imine (C=N–C) groups is 1. The van der Waals surface area contributed by atoms with Gasteiger partial charge >= 0.3 is 0 Å². The summed E-state index contributed by atoms with van der Waals surface area (Å²) in [5.74, 6) is 0.814. The zero-order chi connectivity index (χ0) is 31.4. The second-order valence-electron chi connectivity index (χ2n) is 14.7. The predicted molar refractivity (Wildman–Crippen MR) is 177 cm³/mol. The lowest BCUT2D eigenvalue weighted by atomic mass is 9.72. The minimum atomic E-state index is -2.23. The maximum absolute atomic E-state index is 13.3. The van der Waals surface area contributed by atoms with E-state index >= 15 is 0 Å². The van der Waals surface area contributed by atoms with E-state index in [1.54, 1.807) is 0 Å². The molecule has 4 fully saturated rings. The zero-order valence-electron chi connectivity index (χ0n) is 27.3. The van der Waals surface area contributed by atoms with E-state index in [2.05, 4.69) is 33.3 Å². The highest BCUT2D eigenvalue weighted by atomic mass is 35.5. The van der Waals surface area contributed by atoms with E-state index in [0.717, 1.165) is 70.6 Å². The number of methoxy groups -OCH3 is 1. The number of nitrogens with zero attached hydrogens (tertiary/aromatic N) is 2. The summed E-state index contributed by atoms with van der Waals surface area (Å²) >= 11 is 6.51. The summed E-state index contributed by atoms with van der Waals surface area (Å²) in [6.07, 6.45) is 12.3. The molecule has 44 heavy (non-hydrogen) atoms. The van der Waals surface area contributed by atoms with Crippen LogP contribution in [0.1, 0.15) is 90.4 Å². The first-order chi connectivity index (χ1) is 21.0. The summed E-state index contributed by atoms with van der Waals surface area (Å²) in [6, 6.07) is 0.166. The van der Waals surface area contributed by atoms with Crippen LogP contribution in [-0.2, 0) is 14.3 Å². The minimum Gasteiger partial charge on any atom is -0.432 e. The number of amides is 2. The van der Waals surface area contributed by atoms with Gasteiger partial charge in [-0.1, -0.05) is 12.8 Å². The van der Waals surface area contributed by atoms with Gasteiger partial charge in [0.1, 0.15) is 0 Å². The predicted octanol–water partition coefficient (Wildman–Crippen LogP) is 3.64. The fraction of sp³-hybridized carbons (Fsp3) is 0.906. The van der Waals surface area contributed by atoms with Gasteiger partial charge in [0.25, 0.3) is 0 Å². The number of nitrogens with one attached hydrogen (secondary N) is 4. The number of hydrazine groups is 1. The lowest BCUT2D eigenvalue weighted by molar-refractivity contribution is -0.125. The third-order valence-electron chi connectivity index (χ3n) is 11.2. The Labute approximate surface area is 270 Å². The molecule has 5 aliphatic rings. The van der Waals surface area contributed by atoms with Gasteiger partial charge in [0, 0.05) is 49.2 Å². The summed E-state index contributed by atoms with van der Waals surface area (Å²) < 4.78 is 5.87. The molecule has 3 aliphatic carbocycles. The number of ether oxygens (including phenoxy) is 1. The molecule has 0 bridgehead atoms. The normalized spacial score (nSPS) is 38.2. The molecule has 0 radical (unpaired) electrons. The van der Waals surface area contributed by atoms with Crippen LogP contribution >= 0.6 is 11.6 Å². The van der Waals surface area contributed by atoms with E-state index in [4.69, 9.17) is 21.3 Å². The van der Waals surface area contributed by atoms with Gasteiger partial charge in [-0.2, -0.15) is 0 Å². The van der Waals surface area contributed by atoms with Gasteiger partial charge in [-0.05, 0) is 95.7 Å². The quantitative estimate of drug-likeness (QED) is 0.139. The summed E-state index contributed by atoms with van der Waals surface area (Å²) in [4.78, 5) is 44.7. The first-order valence-corrected chi connectivity index (χ1v) is 20.8. The Bertz CT molecular complexity index is 1020. The first kappa shape index (κ1) is 34.3. The van der Waals surface area contributed by atoms with E-state index in [1.165, 1.54) is 5.71 Å². The number of rotatable bonds is 10. The molecule has 5 N–H and O–H groups in total. The number of alkyl halides is 1. The number of fused-ring (bicyclic) bond motifs is 3. The monoisotopic (exact) mass is 652 g/mol. The molecule has 1 saturated heterocycles. The van der Waals surface area contributed by atoms with Crippen molar-refractivity contribution in [1.29, 1.82) is 0 Å². The molecular formula is C32H57ClN6O4Si. The van der Waals surface area contributed by atoms with E-state index in [0.29, 0.717) is 49.3 Å². The average molecular weight is 653 g/mol. The van der Waals surface area contributed by atoms with Crippen molar-refractivity contribution in [2.45, 2.75) is 145 Å². The highest BCUT2D eigenvalue weighted by Crippen LogP contribution is 2.42. The van der Waals surface area contributed by atoms with E-state index in [-0.39, 0.29) is 47.6 Å². The number of halogens is 1. The zero-order valence-corrected chi connectivity index (χ0v) is 29.1. The van der Waals surface area contributed by atoms with E-state index in [1.807, 2.05) is 20.2 Å². The molecule has 12 heteroatoms. The lowest BCUT2D eigenvalue weighted by Crippen LogP contribution is -2.55. The van der Waals surface area contributed by atoms with Crippen molar-refractivity contribution in [3.63, 3.8) is 0 Å². The van der Waals surface area contributed by atoms with Crippen LogP contribution in [0, 0.1) is 17.8 Å². The maximum Gasteiger partial charge on any atom is 0.223 e. The van der Waals surface area contributed by atoms with Crippen molar-refractivity contribution >= 4 is 37.4 Å². The van der Waals surface area contributed by atoms with Crippen molar-refractivity contribution in [3.8, 4) is 0 Å². The van der Waals surface area contributed by atoms with Crippen molar-refractivity contribution in [2.24, 2.45) is 22.7 Å². The highest BCUT2D eigenvalue weighted by Gasteiger charge is 2.50. The molecule has 8 atom stereocenters. The van der Waals surface area contributed by atoms with Crippen LogP contribution in [0.4, 0.5) is 0 Å². The molecule has 3 saturated carbocycles. The SMILES string of the molecule is COC1CCC2C(C1)C(C1CCC(Cl)CC1)=N[C@@H](CC(=O)NCCCNC(=O)C1CCCC([Si](C)(C)O)C1)C1NNC(C)N21. The smallest absolute Gasteiger partial charge is 0.223 e. The van der Waals surface area contributed by atoms with E-state index < -0.39 is 8.32 Å². The van der Waals surface area contributed by atoms with Gasteiger partial charge in [-0.15, -0.1) is 11.6 Å². The van der Waals surface area contributed by atoms with Crippen molar-refractivity contribution in [2.75, 3.05) is 20.2 Å². The van der Waals surface area contributed by atoms with Crippen LogP contribution in [0.15, 0.2) is 4.99 Å². The summed E-state index contributed by atoms with van der Waals surface area (Å²) in [6.45, 7) is 7.21. The van der Waals surface area contributed by atoms with Gasteiger partial charge in [-0.3, -0.25) is 19.5 Å². The molecule has 7 unspecified atom stereocenters. The molecule has 5 rings (SSSR count). The Kier molecular flexibility index (Phi) is 11.8. The van der Waals surface area contributed by atoms with Crippen LogP contribution < -0.4 is 21.5 Å².